The van der Waals surface area contributed by atoms with Crippen molar-refractivity contribution in [2.75, 3.05) is 0 Å². The molecule has 0 aliphatic carbocycles. The van der Waals surface area contributed by atoms with Crippen LogP contribution in [-0.2, 0) is 0 Å². The van der Waals surface area contributed by atoms with Crippen molar-refractivity contribution in [1.29, 1.82) is 0 Å². The quantitative estimate of drug-likeness (QED) is 0.0618. The number of aryl methyl sites for hydroxylation is 4. The Morgan fingerprint density at radius 3 is 0.708 bits per heavy atom. The monoisotopic (exact) mass is 1470 g/mol. The number of allylic oxidation sites excluding steroid dienone is 8. The third-order valence-corrected chi connectivity index (χ3v) is 16.0. The van der Waals surface area contributed by atoms with E-state index in [2.05, 4.69) is 238 Å². The van der Waals surface area contributed by atoms with Crippen molar-refractivity contribution in [2.24, 2.45) is 0 Å². The third kappa shape index (κ3) is 21.8. The zero-order valence-electron chi connectivity index (χ0n) is 59.0. The van der Waals surface area contributed by atoms with Gasteiger partial charge in [-0.15, -0.1) is 0 Å². The molecule has 480 valence electrons. The molecule has 89 heavy (non-hydrogen) atoms. The van der Waals surface area contributed by atoms with Crippen LogP contribution in [0.3, 0.4) is 0 Å². The Morgan fingerprint density at radius 1 is 0.371 bits per heavy atom. The molecule has 2 aliphatic rings. The summed E-state index contributed by atoms with van der Waals surface area (Å²) in [4.78, 5) is 54.8. The Bertz CT molecular complexity index is 3040. The summed E-state index contributed by atoms with van der Waals surface area (Å²) in [5, 5.41) is 19.6. The van der Waals surface area contributed by atoms with Crippen LogP contribution in [0.25, 0.3) is 0 Å². The molecule has 4 aromatic rings. The molecule has 0 unspecified atom stereocenters. The van der Waals surface area contributed by atoms with Crippen molar-refractivity contribution >= 4 is 23.6 Å². The molecule has 6 N–H and O–H groups in total. The van der Waals surface area contributed by atoms with E-state index in [9.17, 15) is 19.2 Å². The minimum atomic E-state index is -0.0921. The van der Waals surface area contributed by atoms with Crippen LogP contribution in [0.15, 0.2) is 118 Å². The summed E-state index contributed by atoms with van der Waals surface area (Å²) in [6.07, 6.45) is 10.4. The fourth-order valence-electron chi connectivity index (χ4n) is 11.3. The van der Waals surface area contributed by atoms with Gasteiger partial charge in [0.1, 0.15) is 0 Å². The number of nitrogens with one attached hydrogen (secondary N) is 6. The van der Waals surface area contributed by atoms with Crippen LogP contribution in [0.5, 0.6) is 0 Å². The van der Waals surface area contributed by atoms with Crippen molar-refractivity contribution in [3.63, 3.8) is 0 Å². The molecule has 10 nitrogen and oxygen atoms in total. The van der Waals surface area contributed by atoms with E-state index in [1.165, 1.54) is 22.3 Å². The van der Waals surface area contributed by atoms with Gasteiger partial charge < -0.3 is 38.8 Å². The van der Waals surface area contributed by atoms with Crippen molar-refractivity contribution in [3.8, 4) is 0 Å². The first kappa shape index (κ1) is 80.6. The fourth-order valence-corrected chi connectivity index (χ4v) is 11.3. The van der Waals surface area contributed by atoms with Crippen molar-refractivity contribution in [3.05, 3.63) is 214 Å². The van der Waals surface area contributed by atoms with Crippen molar-refractivity contribution in [2.45, 2.75) is 240 Å². The first-order chi connectivity index (χ1) is 40.6. The maximum Gasteiger partial charge on any atom is 0.256 e. The largest absolute Gasteiger partial charge is 0.356 e. The van der Waals surface area contributed by atoms with Crippen LogP contribution in [0.4, 0.5) is 0 Å². The van der Waals surface area contributed by atoms with E-state index in [1.807, 2.05) is 46.8 Å². The second kappa shape index (κ2) is 36.7. The molecule has 2 aliphatic heterocycles. The van der Waals surface area contributed by atoms with Gasteiger partial charge in [0.25, 0.3) is 23.6 Å². The molecule has 0 saturated heterocycles. The first-order valence-electron chi connectivity index (χ1n) is 32.0. The van der Waals surface area contributed by atoms with Gasteiger partial charge in [-0.3, -0.25) is 19.2 Å². The van der Waals surface area contributed by atoms with Gasteiger partial charge in [-0.05, 0) is 159 Å². The van der Waals surface area contributed by atoms with Gasteiger partial charge in [0.05, 0.1) is 11.4 Å². The predicted octanol–water partition coefficient (Wildman–Crippen LogP) is 19.2. The van der Waals surface area contributed by atoms with Gasteiger partial charge in [-0.2, -0.15) is 6.42 Å². The molecule has 0 spiro atoms. The molecule has 0 fully saturated rings. The molecule has 0 bridgehead atoms. The number of hydrogen-bond donors (Lipinski definition) is 6. The van der Waals surface area contributed by atoms with Crippen LogP contribution in [0.2, 0.25) is 0 Å². The number of benzene rings is 4. The van der Waals surface area contributed by atoms with E-state index in [4.69, 9.17) is 0 Å². The average Bonchev–Trinajstić information content (AvgIpc) is 3.57. The van der Waals surface area contributed by atoms with Crippen molar-refractivity contribution in [1.82, 2.24) is 31.9 Å². The summed E-state index contributed by atoms with van der Waals surface area (Å²) in [5.74, 6) is 1.48. The van der Waals surface area contributed by atoms with Crippen LogP contribution in [0, 0.1) is 116 Å². The van der Waals surface area contributed by atoms with E-state index in [0.29, 0.717) is 12.8 Å². The van der Waals surface area contributed by atoms with E-state index >= 15 is 0 Å². The molecule has 0 saturated carbocycles. The Balaban J connectivity index is 0.000000569. The number of carbonyl (C=O) groups is 4. The number of hydrogen-bond acceptors (Lipinski definition) is 6. The Labute approximate surface area is 604 Å². The molecule has 0 radical (unpaired) electrons. The Kier molecular flexibility index (Phi) is 33.2. The van der Waals surface area contributed by atoms with Gasteiger partial charge >= 0.3 is 0 Å². The average molecular weight is 1470 g/mol. The Morgan fingerprint density at radius 2 is 0.539 bits per heavy atom. The molecular formula is C77H109N6Nd2O4-. The van der Waals surface area contributed by atoms with Crippen LogP contribution >= 0.6 is 0 Å². The molecule has 2 heterocycles. The zero-order chi connectivity index (χ0) is 65.6. The maximum absolute atomic E-state index is 13.7. The Hall–Kier alpha value is -4.50. The summed E-state index contributed by atoms with van der Waals surface area (Å²) < 4.78 is 0. The van der Waals surface area contributed by atoms with Gasteiger partial charge in [0.15, 0.2) is 0 Å². The van der Waals surface area contributed by atoms with E-state index < -0.39 is 0 Å². The standard InChI is InChI=1S/2C37H51N3O2.C3H7.2Nd/c2*1-20(2)28-16-24(9)17-29(21(3)4)34(28)36(41)38-26(11)32-14-13-15-33(40-32)27(12)39-37(42)35-30(22(5)6)18-25(10)19-31(35)23(7)8;1-3-2;;/h2*13-14,16-23,40H,15H2,1-12H3,(H,38,41)(H,39,42);1,3H2,2H3;;/q;;-1;;. The second-order valence-electron chi connectivity index (χ2n) is 26.6. The molecule has 0 atom stereocenters. The molecule has 4 aromatic carbocycles. The molecule has 12 heteroatoms. The molecule has 4 amide bonds. The summed E-state index contributed by atoms with van der Waals surface area (Å²) in [6, 6.07) is 17.0. The minimum absolute atomic E-state index is 0. The topological polar surface area (TPSA) is 140 Å². The minimum Gasteiger partial charge on any atom is -0.356 e. The smallest absolute Gasteiger partial charge is 0.256 e. The summed E-state index contributed by atoms with van der Waals surface area (Å²) in [6.45, 7) is 55.6. The third-order valence-electron chi connectivity index (χ3n) is 16.0. The summed E-state index contributed by atoms with van der Waals surface area (Å²) in [7, 11) is 0. The number of rotatable bonds is 16. The summed E-state index contributed by atoms with van der Waals surface area (Å²) in [5.41, 5.74) is 22.8. The first-order valence-corrected chi connectivity index (χ1v) is 32.0. The fraction of sp³-hybridized carbons (Fsp3) is 0.468. The van der Waals surface area contributed by atoms with Crippen molar-refractivity contribution < 1.29 is 101 Å². The second-order valence-corrected chi connectivity index (χ2v) is 26.6. The summed E-state index contributed by atoms with van der Waals surface area (Å²) >= 11 is 0. The maximum atomic E-state index is 13.7. The number of amides is 4. The SMILES string of the molecule is CC(NC(=O)c1c(C(C)C)cc(C)cc1C(C)C)=C1C=CCC(=C(C)NC(=O)c2c(C(C)C)cc(C)cc2C(C)C)N1.CC(NC(=O)c1c(C(C)C)cc(C)cc1C(C)C)=C1C=CCC(=C(C)NC(=O)c2c(C(C)C)cc(C)cc2C(C)C)N1.[CH2-]CC.[Nd].[Nd]. The predicted molar refractivity (Wildman–Crippen MR) is 368 cm³/mol. The molecule has 6 rings (SSSR count). The van der Waals surface area contributed by atoms with E-state index in [-0.39, 0.29) is 153 Å². The van der Waals surface area contributed by atoms with Crippen LogP contribution in [0.1, 0.15) is 320 Å². The van der Waals surface area contributed by atoms with E-state index in [1.54, 1.807) is 0 Å². The van der Waals surface area contributed by atoms with Gasteiger partial charge in [-0.25, -0.2) is 0 Å². The van der Waals surface area contributed by atoms with Gasteiger partial charge in [0, 0.05) is 151 Å². The van der Waals surface area contributed by atoms with Crippen LogP contribution < -0.4 is 31.9 Å². The normalized spacial score (nSPS) is 15.1. The van der Waals surface area contributed by atoms with E-state index in [0.717, 1.165) is 119 Å². The van der Waals surface area contributed by atoms with Crippen LogP contribution in [-0.4, -0.2) is 23.6 Å². The zero-order valence-corrected chi connectivity index (χ0v) is 65.4. The van der Waals surface area contributed by atoms with Gasteiger partial charge in [-0.1, -0.05) is 201 Å². The molecule has 0 aromatic heterocycles. The van der Waals surface area contributed by atoms with Gasteiger partial charge in [0.2, 0.25) is 0 Å². The number of carbonyl (C=O) groups excluding carboxylic acids is 4. The molecular weight excluding hydrogens is 1360 g/mol.